The van der Waals surface area contributed by atoms with Crippen LogP contribution in [0.5, 0.6) is 5.88 Å². The Bertz CT molecular complexity index is 590. The van der Waals surface area contributed by atoms with E-state index in [1.807, 2.05) is 6.07 Å². The van der Waals surface area contributed by atoms with E-state index in [0.29, 0.717) is 18.2 Å². The van der Waals surface area contributed by atoms with Gasteiger partial charge in [0.15, 0.2) is 0 Å². The highest BCUT2D eigenvalue weighted by atomic mass is 16.5. The number of carbonyl (C=O) groups is 1. The summed E-state index contributed by atoms with van der Waals surface area (Å²) in [4.78, 5) is 19.2. The zero-order chi connectivity index (χ0) is 13.8. The number of carbonyl (C=O) groups excluding carboxylic acids is 1. The normalized spacial score (nSPS) is 10.7. The monoisotopic (exact) mass is 262 g/mol. The largest absolute Gasteiger partial charge is 0.481 e. The van der Waals surface area contributed by atoms with Gasteiger partial charge in [-0.15, -0.1) is 0 Å². The molecule has 0 amide bonds. The average Bonchev–Trinajstić information content (AvgIpc) is 2.78. The summed E-state index contributed by atoms with van der Waals surface area (Å²) in [6, 6.07) is 1.85. The van der Waals surface area contributed by atoms with Gasteiger partial charge < -0.3 is 14.5 Å². The third kappa shape index (κ3) is 2.54. The lowest BCUT2D eigenvalue weighted by molar-refractivity contribution is 0.0519. The number of esters is 1. The van der Waals surface area contributed by atoms with E-state index in [1.165, 1.54) is 0 Å². The molecule has 1 N–H and O–H groups in total. The van der Waals surface area contributed by atoms with E-state index in [1.54, 1.807) is 20.2 Å². The fourth-order valence-corrected chi connectivity index (χ4v) is 2.13. The number of aromatic nitrogens is 2. The van der Waals surface area contributed by atoms with Crippen molar-refractivity contribution < 1.29 is 14.3 Å². The maximum Gasteiger partial charge on any atom is 0.355 e. The predicted molar refractivity (Wildman–Crippen MR) is 72.6 cm³/mol. The van der Waals surface area contributed by atoms with Crippen LogP contribution in [0.4, 0.5) is 0 Å². The molecular formula is C14H18N2O3. The number of ether oxygens (including phenoxy) is 2. The highest BCUT2D eigenvalue weighted by Crippen LogP contribution is 2.26. The van der Waals surface area contributed by atoms with E-state index in [9.17, 15) is 4.79 Å². The van der Waals surface area contributed by atoms with Crippen molar-refractivity contribution in [2.24, 2.45) is 0 Å². The number of methoxy groups -OCH3 is 1. The second-order valence-electron chi connectivity index (χ2n) is 4.22. The Hall–Kier alpha value is -2.04. The van der Waals surface area contributed by atoms with Crippen molar-refractivity contribution in [1.82, 2.24) is 9.97 Å². The van der Waals surface area contributed by atoms with Crippen molar-refractivity contribution in [3.63, 3.8) is 0 Å². The van der Waals surface area contributed by atoms with E-state index < -0.39 is 0 Å². The molecule has 2 heterocycles. The zero-order valence-corrected chi connectivity index (χ0v) is 11.4. The fraction of sp³-hybridized carbons (Fsp3) is 0.429. The number of aryl methyl sites for hydroxylation is 1. The molecule has 2 aromatic heterocycles. The van der Waals surface area contributed by atoms with Crippen LogP contribution in [0.15, 0.2) is 12.3 Å². The molecule has 0 aliphatic rings. The van der Waals surface area contributed by atoms with E-state index in [0.717, 1.165) is 29.3 Å². The van der Waals surface area contributed by atoms with Gasteiger partial charge >= 0.3 is 5.97 Å². The van der Waals surface area contributed by atoms with Gasteiger partial charge in [0.25, 0.3) is 0 Å². The van der Waals surface area contributed by atoms with Gasteiger partial charge in [-0.3, -0.25) is 0 Å². The fourth-order valence-electron chi connectivity index (χ4n) is 2.13. The molecule has 2 aromatic rings. The minimum Gasteiger partial charge on any atom is -0.481 e. The summed E-state index contributed by atoms with van der Waals surface area (Å²) < 4.78 is 10.2. The van der Waals surface area contributed by atoms with Crippen molar-refractivity contribution >= 4 is 16.9 Å². The number of aromatic amines is 1. The van der Waals surface area contributed by atoms with Crippen LogP contribution >= 0.6 is 0 Å². The SMILES string of the molecule is CCCc1c(C(=O)OCC)[nH]c2cnc(OC)cc12. The third-order valence-electron chi connectivity index (χ3n) is 2.95. The molecule has 0 unspecified atom stereocenters. The first kappa shape index (κ1) is 13.4. The molecule has 0 aromatic carbocycles. The van der Waals surface area contributed by atoms with Crippen LogP contribution in [0, 0.1) is 0 Å². The summed E-state index contributed by atoms with van der Waals surface area (Å²) in [5.74, 6) is 0.223. The standard InChI is InChI=1S/C14H18N2O3/c1-4-6-9-10-7-12(18-3)15-8-11(10)16-13(9)14(17)19-5-2/h7-8,16H,4-6H2,1-3H3. The van der Waals surface area contributed by atoms with Gasteiger partial charge in [0.2, 0.25) is 5.88 Å². The molecule has 0 saturated heterocycles. The van der Waals surface area contributed by atoms with Crippen molar-refractivity contribution in [2.45, 2.75) is 26.7 Å². The second kappa shape index (κ2) is 5.73. The van der Waals surface area contributed by atoms with Crippen molar-refractivity contribution in [2.75, 3.05) is 13.7 Å². The van der Waals surface area contributed by atoms with Crippen LogP contribution in [-0.2, 0) is 11.2 Å². The highest BCUT2D eigenvalue weighted by Gasteiger charge is 2.18. The second-order valence-corrected chi connectivity index (χ2v) is 4.22. The first-order valence-electron chi connectivity index (χ1n) is 6.42. The third-order valence-corrected chi connectivity index (χ3v) is 2.95. The molecule has 2 rings (SSSR count). The lowest BCUT2D eigenvalue weighted by atomic mass is 10.1. The molecule has 102 valence electrons. The van der Waals surface area contributed by atoms with Gasteiger partial charge in [0, 0.05) is 11.5 Å². The summed E-state index contributed by atoms with van der Waals surface area (Å²) in [7, 11) is 1.58. The summed E-state index contributed by atoms with van der Waals surface area (Å²) in [5.41, 5.74) is 2.32. The summed E-state index contributed by atoms with van der Waals surface area (Å²) in [6.07, 6.45) is 3.43. The number of rotatable bonds is 5. The van der Waals surface area contributed by atoms with Crippen LogP contribution in [0.25, 0.3) is 10.9 Å². The molecule has 0 atom stereocenters. The Morgan fingerprint density at radius 3 is 2.84 bits per heavy atom. The highest BCUT2D eigenvalue weighted by molar-refractivity contribution is 5.98. The molecule has 0 radical (unpaired) electrons. The first-order valence-corrected chi connectivity index (χ1v) is 6.42. The Kier molecular flexibility index (Phi) is 4.04. The molecular weight excluding hydrogens is 244 g/mol. The van der Waals surface area contributed by atoms with Crippen LogP contribution in [0.1, 0.15) is 36.3 Å². The maximum atomic E-state index is 12.0. The van der Waals surface area contributed by atoms with Crippen molar-refractivity contribution in [3.05, 3.63) is 23.5 Å². The van der Waals surface area contributed by atoms with Gasteiger partial charge in [0.05, 0.1) is 25.4 Å². The number of nitrogens with one attached hydrogen (secondary N) is 1. The molecule has 0 fully saturated rings. The molecule has 0 bridgehead atoms. The van der Waals surface area contributed by atoms with Gasteiger partial charge in [-0.1, -0.05) is 13.3 Å². The molecule has 0 spiro atoms. The van der Waals surface area contributed by atoms with Crippen LogP contribution in [-0.4, -0.2) is 29.7 Å². The van der Waals surface area contributed by atoms with E-state index >= 15 is 0 Å². The minimum atomic E-state index is -0.318. The van der Waals surface area contributed by atoms with Gasteiger partial charge in [-0.25, -0.2) is 9.78 Å². The Balaban J connectivity index is 2.56. The lowest BCUT2D eigenvalue weighted by Gasteiger charge is -2.03. The van der Waals surface area contributed by atoms with Gasteiger partial charge in [0.1, 0.15) is 5.69 Å². The van der Waals surface area contributed by atoms with Crippen molar-refractivity contribution in [1.29, 1.82) is 0 Å². The van der Waals surface area contributed by atoms with E-state index in [4.69, 9.17) is 9.47 Å². The predicted octanol–water partition coefficient (Wildman–Crippen LogP) is 2.70. The minimum absolute atomic E-state index is 0.318. The number of pyridine rings is 1. The Labute approximate surface area is 111 Å². The number of fused-ring (bicyclic) bond motifs is 1. The quantitative estimate of drug-likeness (QED) is 0.841. The molecule has 19 heavy (non-hydrogen) atoms. The first-order chi connectivity index (χ1) is 9.21. The number of H-pyrrole nitrogens is 1. The number of hydrogen-bond acceptors (Lipinski definition) is 4. The summed E-state index contributed by atoms with van der Waals surface area (Å²) in [5, 5.41) is 0.969. The number of hydrogen-bond donors (Lipinski definition) is 1. The average molecular weight is 262 g/mol. The zero-order valence-electron chi connectivity index (χ0n) is 11.4. The molecule has 0 aliphatic carbocycles. The Morgan fingerprint density at radius 1 is 1.42 bits per heavy atom. The van der Waals surface area contributed by atoms with Gasteiger partial charge in [-0.2, -0.15) is 0 Å². The molecule has 0 saturated carbocycles. The lowest BCUT2D eigenvalue weighted by Crippen LogP contribution is -2.07. The molecule has 5 heteroatoms. The van der Waals surface area contributed by atoms with Crippen LogP contribution in [0.3, 0.4) is 0 Å². The van der Waals surface area contributed by atoms with E-state index in [-0.39, 0.29) is 5.97 Å². The van der Waals surface area contributed by atoms with Crippen molar-refractivity contribution in [3.8, 4) is 5.88 Å². The number of nitrogens with zero attached hydrogens (tertiary/aromatic N) is 1. The van der Waals surface area contributed by atoms with Gasteiger partial charge in [-0.05, 0) is 18.9 Å². The summed E-state index contributed by atoms with van der Waals surface area (Å²) >= 11 is 0. The maximum absolute atomic E-state index is 12.0. The topological polar surface area (TPSA) is 64.2 Å². The van der Waals surface area contributed by atoms with Crippen LogP contribution < -0.4 is 4.74 Å². The molecule has 5 nitrogen and oxygen atoms in total. The van der Waals surface area contributed by atoms with Crippen LogP contribution in [0.2, 0.25) is 0 Å². The van der Waals surface area contributed by atoms with E-state index in [2.05, 4.69) is 16.9 Å². The molecule has 0 aliphatic heterocycles. The smallest absolute Gasteiger partial charge is 0.355 e. The Morgan fingerprint density at radius 2 is 2.21 bits per heavy atom. The summed E-state index contributed by atoms with van der Waals surface area (Å²) in [6.45, 7) is 4.23.